The molecule has 0 amide bonds. The summed E-state index contributed by atoms with van der Waals surface area (Å²) in [5.41, 5.74) is 1.45. The molecule has 26 heavy (non-hydrogen) atoms. The summed E-state index contributed by atoms with van der Waals surface area (Å²) in [6.45, 7) is 4.34. The number of carbonyl (C=O) groups is 1. The Hall–Kier alpha value is -2.12. The Morgan fingerprint density at radius 3 is 2.69 bits per heavy atom. The minimum Gasteiger partial charge on any atom is -0.494 e. The van der Waals surface area contributed by atoms with Gasteiger partial charge in [0.1, 0.15) is 5.75 Å². The lowest BCUT2D eigenvalue weighted by Crippen LogP contribution is -2.13. The molecule has 0 radical (unpaired) electrons. The number of nitrogens with zero attached hydrogens (tertiary/aromatic N) is 2. The predicted octanol–water partition coefficient (Wildman–Crippen LogP) is 5.26. The number of thioether (sulfide) groups is 1. The number of carbonyl (C=O) groups excluding carboxylic acids is 1. The first-order valence-electron chi connectivity index (χ1n) is 8.10. The highest BCUT2D eigenvalue weighted by atomic mass is 79.9. The quantitative estimate of drug-likeness (QED) is 0.374. The highest BCUT2D eigenvalue weighted by Crippen LogP contribution is 2.29. The van der Waals surface area contributed by atoms with E-state index in [-0.39, 0.29) is 11.0 Å². The monoisotopic (exact) mass is 432 g/mol. The zero-order valence-electron chi connectivity index (χ0n) is 14.3. The van der Waals surface area contributed by atoms with Crippen molar-refractivity contribution in [1.82, 2.24) is 10.2 Å². The van der Waals surface area contributed by atoms with E-state index >= 15 is 0 Å². The standard InChI is InChI=1S/C19H17BrN2O3S/c1-3-24-16-9-7-13(8-10-16)17(23)12(2)26-19-22-21-18(25-19)14-5-4-6-15(20)11-14/h4-12H,3H2,1-2H3/t12-/m0/s1. The Bertz CT molecular complexity index is 896. The molecule has 1 heterocycles. The fraction of sp³-hybridized carbons (Fsp3) is 0.211. The summed E-state index contributed by atoms with van der Waals surface area (Å²) in [4.78, 5) is 12.6. The summed E-state index contributed by atoms with van der Waals surface area (Å²) < 4.78 is 12.0. The normalized spacial score (nSPS) is 12.0. The summed E-state index contributed by atoms with van der Waals surface area (Å²) >= 11 is 4.67. The van der Waals surface area contributed by atoms with Gasteiger partial charge in [0.25, 0.3) is 5.22 Å². The van der Waals surface area contributed by atoms with Crippen LogP contribution in [0.5, 0.6) is 5.75 Å². The van der Waals surface area contributed by atoms with Crippen LogP contribution in [-0.2, 0) is 0 Å². The van der Waals surface area contributed by atoms with E-state index in [1.807, 2.05) is 38.1 Å². The van der Waals surface area contributed by atoms with Crippen LogP contribution in [0.15, 0.2) is 62.6 Å². The van der Waals surface area contributed by atoms with Gasteiger partial charge in [-0.15, -0.1) is 10.2 Å². The van der Waals surface area contributed by atoms with Crippen LogP contribution >= 0.6 is 27.7 Å². The molecule has 0 spiro atoms. The predicted molar refractivity (Wildman–Crippen MR) is 105 cm³/mol. The largest absolute Gasteiger partial charge is 0.494 e. The van der Waals surface area contributed by atoms with Crippen molar-refractivity contribution >= 4 is 33.5 Å². The molecular formula is C19H17BrN2O3S. The van der Waals surface area contributed by atoms with E-state index in [1.54, 1.807) is 24.3 Å². The molecule has 0 N–H and O–H groups in total. The van der Waals surface area contributed by atoms with Crippen molar-refractivity contribution in [2.75, 3.05) is 6.61 Å². The smallest absolute Gasteiger partial charge is 0.277 e. The Balaban J connectivity index is 1.67. The van der Waals surface area contributed by atoms with Crippen molar-refractivity contribution in [2.24, 2.45) is 0 Å². The Morgan fingerprint density at radius 1 is 1.23 bits per heavy atom. The maximum absolute atomic E-state index is 12.6. The summed E-state index contributed by atoms with van der Waals surface area (Å²) in [6.07, 6.45) is 0. The third-order valence-corrected chi connectivity index (χ3v) is 5.00. The van der Waals surface area contributed by atoms with Gasteiger partial charge in [-0.25, -0.2) is 0 Å². The molecular weight excluding hydrogens is 416 g/mol. The molecule has 3 rings (SSSR count). The highest BCUT2D eigenvalue weighted by Gasteiger charge is 2.20. The number of hydrogen-bond donors (Lipinski definition) is 0. The van der Waals surface area contributed by atoms with Crippen molar-refractivity contribution in [3.8, 4) is 17.2 Å². The zero-order valence-corrected chi connectivity index (χ0v) is 16.7. The number of aromatic nitrogens is 2. The van der Waals surface area contributed by atoms with Gasteiger partial charge >= 0.3 is 0 Å². The third-order valence-electron chi connectivity index (χ3n) is 3.57. The van der Waals surface area contributed by atoms with Gasteiger partial charge in [-0.3, -0.25) is 4.79 Å². The van der Waals surface area contributed by atoms with Gasteiger partial charge in [0.2, 0.25) is 5.89 Å². The zero-order chi connectivity index (χ0) is 18.5. The number of benzene rings is 2. The third kappa shape index (κ3) is 4.53. The van der Waals surface area contributed by atoms with E-state index in [0.717, 1.165) is 15.8 Å². The number of rotatable bonds is 7. The van der Waals surface area contributed by atoms with Crippen LogP contribution in [0, 0.1) is 0 Å². The molecule has 0 fully saturated rings. The number of ether oxygens (including phenoxy) is 1. The van der Waals surface area contributed by atoms with E-state index in [1.165, 1.54) is 11.8 Å². The fourth-order valence-corrected chi connectivity index (χ4v) is 3.48. The summed E-state index contributed by atoms with van der Waals surface area (Å²) in [6, 6.07) is 14.7. The summed E-state index contributed by atoms with van der Waals surface area (Å²) in [7, 11) is 0. The van der Waals surface area contributed by atoms with Crippen LogP contribution < -0.4 is 4.74 Å². The summed E-state index contributed by atoms with van der Waals surface area (Å²) in [5, 5.41) is 8.12. The summed E-state index contributed by atoms with van der Waals surface area (Å²) in [5.74, 6) is 1.18. The van der Waals surface area contributed by atoms with Crippen molar-refractivity contribution < 1.29 is 13.9 Å². The molecule has 3 aromatic rings. The molecule has 0 aliphatic heterocycles. The molecule has 7 heteroatoms. The van der Waals surface area contributed by atoms with Gasteiger partial charge < -0.3 is 9.15 Å². The Labute approximate surface area is 164 Å². The Morgan fingerprint density at radius 2 is 2.00 bits per heavy atom. The van der Waals surface area contributed by atoms with E-state index in [9.17, 15) is 4.79 Å². The second-order valence-corrected chi connectivity index (χ2v) is 7.67. The minimum atomic E-state index is -0.344. The first kappa shape index (κ1) is 18.7. The van der Waals surface area contributed by atoms with Crippen LogP contribution in [0.4, 0.5) is 0 Å². The van der Waals surface area contributed by atoms with Gasteiger partial charge in [-0.1, -0.05) is 33.8 Å². The van der Waals surface area contributed by atoms with E-state index in [2.05, 4.69) is 26.1 Å². The maximum atomic E-state index is 12.6. The first-order valence-corrected chi connectivity index (χ1v) is 9.77. The average Bonchev–Trinajstić information content (AvgIpc) is 3.10. The number of ketones is 1. The number of hydrogen-bond acceptors (Lipinski definition) is 6. The van der Waals surface area contributed by atoms with Crippen LogP contribution in [0.25, 0.3) is 11.5 Å². The van der Waals surface area contributed by atoms with Crippen LogP contribution in [0.2, 0.25) is 0 Å². The topological polar surface area (TPSA) is 65.2 Å². The van der Waals surface area contributed by atoms with E-state index in [0.29, 0.717) is 23.3 Å². The highest BCUT2D eigenvalue weighted by molar-refractivity contribution is 9.10. The van der Waals surface area contributed by atoms with Gasteiger partial charge in [0.05, 0.1) is 11.9 Å². The number of halogens is 1. The molecule has 1 atom stereocenters. The number of Topliss-reactive ketones (excluding diaryl/α,β-unsaturated/α-hetero) is 1. The molecule has 134 valence electrons. The second-order valence-electron chi connectivity index (χ2n) is 5.47. The van der Waals surface area contributed by atoms with Crippen LogP contribution in [0.3, 0.4) is 0 Å². The van der Waals surface area contributed by atoms with Crippen LogP contribution in [-0.4, -0.2) is 27.8 Å². The van der Waals surface area contributed by atoms with Gasteiger partial charge in [-0.2, -0.15) is 0 Å². The van der Waals surface area contributed by atoms with Gasteiger partial charge in [-0.05, 0) is 56.3 Å². The molecule has 2 aromatic carbocycles. The molecule has 0 saturated heterocycles. The lowest BCUT2D eigenvalue weighted by molar-refractivity contribution is 0.0993. The minimum absolute atomic E-state index is 0.000235. The van der Waals surface area contributed by atoms with Crippen molar-refractivity contribution in [3.05, 3.63) is 58.6 Å². The van der Waals surface area contributed by atoms with Crippen molar-refractivity contribution in [3.63, 3.8) is 0 Å². The van der Waals surface area contributed by atoms with E-state index < -0.39 is 0 Å². The van der Waals surface area contributed by atoms with Gasteiger partial charge in [0, 0.05) is 15.6 Å². The maximum Gasteiger partial charge on any atom is 0.277 e. The van der Waals surface area contributed by atoms with E-state index in [4.69, 9.17) is 9.15 Å². The molecule has 0 saturated carbocycles. The molecule has 0 aliphatic carbocycles. The first-order chi connectivity index (χ1) is 12.6. The Kier molecular flexibility index (Phi) is 6.11. The van der Waals surface area contributed by atoms with Crippen molar-refractivity contribution in [2.45, 2.75) is 24.3 Å². The van der Waals surface area contributed by atoms with Crippen molar-refractivity contribution in [1.29, 1.82) is 0 Å². The SMILES string of the molecule is CCOc1ccc(C(=O)[C@H](C)Sc2nnc(-c3cccc(Br)c3)o2)cc1. The lowest BCUT2D eigenvalue weighted by atomic mass is 10.1. The van der Waals surface area contributed by atoms with Gasteiger partial charge in [0.15, 0.2) is 5.78 Å². The average molecular weight is 433 g/mol. The molecule has 5 nitrogen and oxygen atoms in total. The molecule has 0 aliphatic rings. The lowest BCUT2D eigenvalue weighted by Gasteiger charge is -2.08. The molecule has 1 aromatic heterocycles. The van der Waals surface area contributed by atoms with Crippen LogP contribution in [0.1, 0.15) is 24.2 Å². The fourth-order valence-electron chi connectivity index (χ4n) is 2.32. The second kappa shape index (κ2) is 8.51. The molecule has 0 bridgehead atoms. The molecule has 0 unspecified atom stereocenters.